The molecular weight excluding hydrogens is 367 g/mol. The predicted octanol–water partition coefficient (Wildman–Crippen LogP) is 1.92. The van der Waals surface area contributed by atoms with Crippen LogP contribution in [0, 0.1) is 5.82 Å². The summed E-state index contributed by atoms with van der Waals surface area (Å²) in [7, 11) is -3.79. The highest BCUT2D eigenvalue weighted by Crippen LogP contribution is 2.19. The molecule has 0 atom stereocenters. The molecule has 1 N–H and O–H groups in total. The summed E-state index contributed by atoms with van der Waals surface area (Å²) in [5, 5.41) is 0. The van der Waals surface area contributed by atoms with Crippen LogP contribution in [0.1, 0.15) is 0 Å². The Kier molecular flexibility index (Phi) is 5.85. The monoisotopic (exact) mass is 382 g/mol. The van der Waals surface area contributed by atoms with Crippen molar-refractivity contribution in [2.45, 2.75) is 4.90 Å². The summed E-state index contributed by atoms with van der Waals surface area (Å²) in [6.45, 7) is 2.89. The average Bonchev–Trinajstić information content (AvgIpc) is 2.39. The summed E-state index contributed by atoms with van der Waals surface area (Å²) in [5.41, 5.74) is 0. The van der Waals surface area contributed by atoms with E-state index in [9.17, 15) is 12.8 Å². The van der Waals surface area contributed by atoms with Gasteiger partial charge >= 0.3 is 0 Å². The van der Waals surface area contributed by atoms with Gasteiger partial charge in [0.15, 0.2) is 0 Å². The lowest BCUT2D eigenvalue weighted by Crippen LogP contribution is -2.39. The zero-order valence-corrected chi connectivity index (χ0v) is 14.0. The third-order valence-corrected chi connectivity index (χ3v) is 5.94. The first kappa shape index (κ1) is 16.2. The van der Waals surface area contributed by atoms with Crippen LogP contribution in [0.15, 0.2) is 27.6 Å². The number of hydrogen-bond donors (Lipinski definition) is 1. The minimum Gasteiger partial charge on any atom is -0.300 e. The first-order chi connectivity index (χ1) is 9.49. The second kappa shape index (κ2) is 7.22. The maximum atomic E-state index is 13.7. The van der Waals surface area contributed by atoms with Crippen molar-refractivity contribution in [3.63, 3.8) is 0 Å². The zero-order valence-electron chi connectivity index (χ0n) is 10.8. The van der Waals surface area contributed by atoms with Crippen molar-refractivity contribution in [3.05, 3.63) is 28.5 Å². The number of sulfonamides is 1. The van der Waals surface area contributed by atoms with Crippen LogP contribution in [0.4, 0.5) is 4.39 Å². The van der Waals surface area contributed by atoms with Crippen molar-refractivity contribution in [2.24, 2.45) is 0 Å². The standard InChI is InChI=1S/C12H16BrFN2O2S2/c13-10-1-2-12(11(14)9-10)20(17,18)15-3-4-16-5-7-19-8-6-16/h1-2,9,15H,3-8H2. The van der Waals surface area contributed by atoms with Gasteiger partial charge in [-0.15, -0.1) is 0 Å². The van der Waals surface area contributed by atoms with E-state index in [1.54, 1.807) is 0 Å². The van der Waals surface area contributed by atoms with Gasteiger partial charge in [0.05, 0.1) is 0 Å². The SMILES string of the molecule is O=S(=O)(NCCN1CCSCC1)c1ccc(Br)cc1F. The van der Waals surface area contributed by atoms with E-state index in [2.05, 4.69) is 25.6 Å². The van der Waals surface area contributed by atoms with E-state index in [-0.39, 0.29) is 4.90 Å². The third kappa shape index (κ3) is 4.42. The van der Waals surface area contributed by atoms with Gasteiger partial charge in [0.2, 0.25) is 10.0 Å². The number of nitrogens with zero attached hydrogens (tertiary/aromatic N) is 1. The molecule has 1 aromatic rings. The zero-order chi connectivity index (χ0) is 14.6. The smallest absolute Gasteiger partial charge is 0.243 e. The minimum absolute atomic E-state index is 0.294. The van der Waals surface area contributed by atoms with Gasteiger partial charge in [0, 0.05) is 42.2 Å². The van der Waals surface area contributed by atoms with Crippen molar-refractivity contribution in [2.75, 3.05) is 37.7 Å². The third-order valence-electron chi connectivity index (χ3n) is 3.01. The molecule has 1 aliphatic heterocycles. The summed E-state index contributed by atoms with van der Waals surface area (Å²) in [6, 6.07) is 3.93. The maximum absolute atomic E-state index is 13.7. The van der Waals surface area contributed by atoms with Crippen LogP contribution in [0.2, 0.25) is 0 Å². The van der Waals surface area contributed by atoms with Gasteiger partial charge < -0.3 is 4.90 Å². The molecule has 0 spiro atoms. The normalized spacial score (nSPS) is 17.3. The Balaban J connectivity index is 1.93. The van der Waals surface area contributed by atoms with Gasteiger partial charge in [0.25, 0.3) is 0 Å². The van der Waals surface area contributed by atoms with Gasteiger partial charge in [-0.3, -0.25) is 0 Å². The second-order valence-electron chi connectivity index (χ2n) is 4.43. The lowest BCUT2D eigenvalue weighted by atomic mass is 10.3. The van der Waals surface area contributed by atoms with Crippen LogP contribution in [0.3, 0.4) is 0 Å². The molecule has 0 radical (unpaired) electrons. The van der Waals surface area contributed by atoms with Crippen molar-refractivity contribution < 1.29 is 12.8 Å². The van der Waals surface area contributed by atoms with E-state index in [1.165, 1.54) is 12.1 Å². The Hall–Kier alpha value is -0.150. The van der Waals surface area contributed by atoms with Crippen molar-refractivity contribution >= 4 is 37.7 Å². The summed E-state index contributed by atoms with van der Waals surface area (Å²) in [4.78, 5) is 1.90. The molecule has 0 bridgehead atoms. The van der Waals surface area contributed by atoms with Crippen LogP contribution >= 0.6 is 27.7 Å². The largest absolute Gasteiger partial charge is 0.300 e. The predicted molar refractivity (Wildman–Crippen MR) is 83.1 cm³/mol. The van der Waals surface area contributed by atoms with E-state index in [1.807, 2.05) is 11.8 Å². The van der Waals surface area contributed by atoms with E-state index < -0.39 is 15.8 Å². The number of nitrogens with one attached hydrogen (secondary N) is 1. The molecule has 0 amide bonds. The summed E-state index contributed by atoms with van der Waals surface area (Å²) in [6.07, 6.45) is 0. The van der Waals surface area contributed by atoms with E-state index in [4.69, 9.17) is 0 Å². The second-order valence-corrected chi connectivity index (χ2v) is 8.30. The van der Waals surface area contributed by atoms with Crippen LogP contribution in [0.5, 0.6) is 0 Å². The van der Waals surface area contributed by atoms with E-state index in [0.29, 0.717) is 17.6 Å². The quantitative estimate of drug-likeness (QED) is 0.844. The highest BCUT2D eigenvalue weighted by atomic mass is 79.9. The molecule has 1 aliphatic rings. The topological polar surface area (TPSA) is 49.4 Å². The molecule has 112 valence electrons. The van der Waals surface area contributed by atoms with Crippen molar-refractivity contribution in [1.82, 2.24) is 9.62 Å². The highest BCUT2D eigenvalue weighted by Gasteiger charge is 2.19. The van der Waals surface area contributed by atoms with E-state index >= 15 is 0 Å². The molecule has 0 aromatic heterocycles. The fraction of sp³-hybridized carbons (Fsp3) is 0.500. The Labute approximate surface area is 131 Å². The summed E-state index contributed by atoms with van der Waals surface area (Å²) < 4.78 is 40.7. The van der Waals surface area contributed by atoms with Crippen LogP contribution in [-0.4, -0.2) is 51.0 Å². The highest BCUT2D eigenvalue weighted by molar-refractivity contribution is 9.10. The number of rotatable bonds is 5. The molecule has 8 heteroatoms. The molecule has 0 aliphatic carbocycles. The number of thioether (sulfide) groups is 1. The van der Waals surface area contributed by atoms with Crippen molar-refractivity contribution in [1.29, 1.82) is 0 Å². The van der Waals surface area contributed by atoms with E-state index in [0.717, 1.165) is 30.7 Å². The fourth-order valence-electron chi connectivity index (χ4n) is 1.93. The van der Waals surface area contributed by atoms with Gasteiger partial charge in [-0.2, -0.15) is 11.8 Å². The maximum Gasteiger partial charge on any atom is 0.243 e. The summed E-state index contributed by atoms with van der Waals surface area (Å²) >= 11 is 5.01. The van der Waals surface area contributed by atoms with Crippen LogP contribution < -0.4 is 4.72 Å². The number of benzene rings is 1. The first-order valence-electron chi connectivity index (χ1n) is 6.24. The Morgan fingerprint density at radius 3 is 2.70 bits per heavy atom. The lowest BCUT2D eigenvalue weighted by Gasteiger charge is -2.25. The molecule has 1 heterocycles. The van der Waals surface area contributed by atoms with Gasteiger partial charge in [-0.25, -0.2) is 17.5 Å². The molecule has 4 nitrogen and oxygen atoms in total. The molecule has 2 rings (SSSR count). The molecule has 0 saturated carbocycles. The molecule has 1 saturated heterocycles. The lowest BCUT2D eigenvalue weighted by molar-refractivity contribution is 0.307. The average molecular weight is 383 g/mol. The van der Waals surface area contributed by atoms with Gasteiger partial charge in [-0.1, -0.05) is 15.9 Å². The van der Waals surface area contributed by atoms with Crippen molar-refractivity contribution in [3.8, 4) is 0 Å². The van der Waals surface area contributed by atoms with Gasteiger partial charge in [-0.05, 0) is 18.2 Å². The molecule has 20 heavy (non-hydrogen) atoms. The summed E-state index contributed by atoms with van der Waals surface area (Å²) in [5.74, 6) is 1.41. The minimum atomic E-state index is -3.79. The number of hydrogen-bond acceptors (Lipinski definition) is 4. The molecule has 1 fully saturated rings. The first-order valence-corrected chi connectivity index (χ1v) is 9.67. The molecule has 0 unspecified atom stereocenters. The Morgan fingerprint density at radius 1 is 1.35 bits per heavy atom. The van der Waals surface area contributed by atoms with Crippen LogP contribution in [-0.2, 0) is 10.0 Å². The molecular formula is C12H16BrFN2O2S2. The van der Waals surface area contributed by atoms with Crippen LogP contribution in [0.25, 0.3) is 0 Å². The Morgan fingerprint density at radius 2 is 2.05 bits per heavy atom. The fourth-order valence-corrected chi connectivity index (χ4v) is 4.32. The number of halogens is 2. The molecule has 1 aromatic carbocycles. The van der Waals surface area contributed by atoms with Gasteiger partial charge in [0.1, 0.15) is 10.7 Å². The Bertz CT molecular complexity index is 563.